The number of hydrogen-bond donors (Lipinski definition) is 3. The maximum absolute atomic E-state index is 13.0. The first-order valence-corrected chi connectivity index (χ1v) is 16.7. The van der Waals surface area contributed by atoms with Crippen molar-refractivity contribution in [1.29, 1.82) is 0 Å². The van der Waals surface area contributed by atoms with Gasteiger partial charge in [-0.25, -0.2) is 9.97 Å². The highest BCUT2D eigenvalue weighted by Crippen LogP contribution is 2.27. The van der Waals surface area contributed by atoms with E-state index in [1.165, 1.54) is 37.7 Å². The van der Waals surface area contributed by atoms with Gasteiger partial charge in [0.2, 0.25) is 5.91 Å². The van der Waals surface area contributed by atoms with Gasteiger partial charge < -0.3 is 20.4 Å². The summed E-state index contributed by atoms with van der Waals surface area (Å²) in [5, 5.41) is 9.71. The predicted molar refractivity (Wildman–Crippen MR) is 189 cm³/mol. The lowest BCUT2D eigenvalue weighted by Crippen LogP contribution is -2.36. The molecule has 5 aromatic rings. The molecule has 0 bridgehead atoms. The number of carbonyl (C=O) groups excluding carboxylic acids is 2. The maximum Gasteiger partial charge on any atom is 0.255 e. The third-order valence-corrected chi connectivity index (χ3v) is 8.86. The predicted octanol–water partition coefficient (Wildman–Crippen LogP) is 8.46. The summed E-state index contributed by atoms with van der Waals surface area (Å²) in [7, 11) is 0. The molecule has 1 fully saturated rings. The van der Waals surface area contributed by atoms with E-state index in [1.54, 1.807) is 6.20 Å². The van der Waals surface area contributed by atoms with Gasteiger partial charge in [0.1, 0.15) is 0 Å². The molecule has 0 radical (unpaired) electrons. The molecule has 1 saturated carbocycles. The third kappa shape index (κ3) is 8.25. The number of aromatic nitrogens is 3. The van der Waals surface area contributed by atoms with E-state index in [4.69, 9.17) is 4.98 Å². The van der Waals surface area contributed by atoms with Crippen LogP contribution >= 0.6 is 0 Å². The lowest BCUT2D eigenvalue weighted by Gasteiger charge is -2.21. The second-order valence-electron chi connectivity index (χ2n) is 13.6. The van der Waals surface area contributed by atoms with Crippen molar-refractivity contribution in [2.24, 2.45) is 0 Å². The molecule has 242 valence electrons. The van der Waals surface area contributed by atoms with Crippen LogP contribution in [0.3, 0.4) is 0 Å². The van der Waals surface area contributed by atoms with Gasteiger partial charge in [-0.2, -0.15) is 0 Å². The van der Waals surface area contributed by atoms with E-state index in [2.05, 4.69) is 41.7 Å². The van der Waals surface area contributed by atoms with Crippen molar-refractivity contribution in [3.8, 4) is 11.3 Å². The minimum atomic E-state index is -0.163. The zero-order valence-electron chi connectivity index (χ0n) is 27.6. The van der Waals surface area contributed by atoms with Crippen LogP contribution in [0.1, 0.15) is 87.2 Å². The SMILES string of the molecule is CC(C)(C)c1ccc(C(=O)Nc2cccc(-c3cn4ccnc4c(Nc4ccc(CC(=O)NC5CCCCCCC5)cc4)n3)c2)cc1. The highest BCUT2D eigenvalue weighted by Gasteiger charge is 2.17. The molecule has 1 aliphatic rings. The largest absolute Gasteiger partial charge is 0.353 e. The van der Waals surface area contributed by atoms with Gasteiger partial charge in [-0.3, -0.25) is 9.59 Å². The number of rotatable bonds is 8. The van der Waals surface area contributed by atoms with Crippen molar-refractivity contribution < 1.29 is 9.59 Å². The number of amides is 2. The fourth-order valence-corrected chi connectivity index (χ4v) is 6.14. The van der Waals surface area contributed by atoms with Crippen molar-refractivity contribution in [3.63, 3.8) is 0 Å². The van der Waals surface area contributed by atoms with Gasteiger partial charge in [-0.1, -0.05) is 89.3 Å². The number of hydrogen-bond acceptors (Lipinski definition) is 5. The van der Waals surface area contributed by atoms with Crippen LogP contribution in [0.4, 0.5) is 17.2 Å². The molecule has 0 aliphatic heterocycles. The molecular weight excluding hydrogens is 584 g/mol. The second-order valence-corrected chi connectivity index (χ2v) is 13.6. The topological polar surface area (TPSA) is 100 Å². The average molecular weight is 629 g/mol. The Balaban J connectivity index is 1.14. The molecule has 0 spiro atoms. The molecule has 2 amide bonds. The molecule has 0 atom stereocenters. The number of nitrogens with zero attached hydrogens (tertiary/aromatic N) is 3. The van der Waals surface area contributed by atoms with Crippen LogP contribution in [0.2, 0.25) is 0 Å². The first-order valence-electron chi connectivity index (χ1n) is 16.7. The lowest BCUT2D eigenvalue weighted by atomic mass is 9.87. The van der Waals surface area contributed by atoms with Crippen LogP contribution in [0.5, 0.6) is 0 Å². The molecule has 1 aliphatic carbocycles. The van der Waals surface area contributed by atoms with Crippen LogP contribution in [0.15, 0.2) is 91.4 Å². The zero-order valence-corrected chi connectivity index (χ0v) is 27.6. The molecule has 6 rings (SSSR count). The van der Waals surface area contributed by atoms with Gasteiger partial charge in [0, 0.05) is 47.1 Å². The standard InChI is InChI=1S/C39H44N6O2/c1-39(2,3)30-18-16-28(17-19-30)38(47)43-33-13-9-10-29(25-33)34-26-45-23-22-40-37(45)36(44-34)42-32-20-14-27(15-21-32)24-35(46)41-31-11-7-5-4-6-8-12-31/h9-10,13-23,25-26,31H,4-8,11-12,24H2,1-3H3,(H,41,46)(H,42,44)(H,43,47). The molecule has 47 heavy (non-hydrogen) atoms. The Labute approximate surface area is 277 Å². The van der Waals surface area contributed by atoms with E-state index in [9.17, 15) is 9.59 Å². The number of carbonyl (C=O) groups is 2. The van der Waals surface area contributed by atoms with E-state index in [0.29, 0.717) is 35.2 Å². The van der Waals surface area contributed by atoms with E-state index in [0.717, 1.165) is 35.3 Å². The Kier molecular flexibility index (Phi) is 9.66. The normalized spacial score (nSPS) is 14.3. The van der Waals surface area contributed by atoms with Gasteiger partial charge in [0.15, 0.2) is 11.5 Å². The Bertz CT molecular complexity index is 1830. The zero-order chi connectivity index (χ0) is 32.8. The van der Waals surface area contributed by atoms with Gasteiger partial charge in [0.05, 0.1) is 12.1 Å². The smallest absolute Gasteiger partial charge is 0.255 e. The number of benzene rings is 3. The summed E-state index contributed by atoms with van der Waals surface area (Å²) in [5.74, 6) is 0.529. The van der Waals surface area contributed by atoms with Gasteiger partial charge in [0.25, 0.3) is 5.91 Å². The maximum atomic E-state index is 13.0. The summed E-state index contributed by atoms with van der Waals surface area (Å²) in [6.45, 7) is 6.46. The van der Waals surface area contributed by atoms with Crippen LogP contribution < -0.4 is 16.0 Å². The third-order valence-electron chi connectivity index (χ3n) is 8.86. The fourth-order valence-electron chi connectivity index (χ4n) is 6.14. The average Bonchev–Trinajstić information content (AvgIpc) is 3.52. The summed E-state index contributed by atoms with van der Waals surface area (Å²) in [5.41, 5.74) is 6.59. The molecular formula is C39H44N6O2. The molecule has 3 aromatic carbocycles. The highest BCUT2D eigenvalue weighted by atomic mass is 16.2. The molecule has 3 N–H and O–H groups in total. The van der Waals surface area contributed by atoms with Gasteiger partial charge in [-0.15, -0.1) is 0 Å². The Morgan fingerprint density at radius 3 is 2.32 bits per heavy atom. The molecule has 8 nitrogen and oxygen atoms in total. The van der Waals surface area contributed by atoms with Crippen molar-refractivity contribution in [1.82, 2.24) is 19.7 Å². The summed E-state index contributed by atoms with van der Waals surface area (Å²) in [6, 6.07) is 23.6. The summed E-state index contributed by atoms with van der Waals surface area (Å²) in [6.07, 6.45) is 14.3. The quantitative estimate of drug-likeness (QED) is 0.160. The minimum Gasteiger partial charge on any atom is -0.353 e. The first kappa shape index (κ1) is 32.0. The number of anilines is 3. The summed E-state index contributed by atoms with van der Waals surface area (Å²) in [4.78, 5) is 35.3. The van der Waals surface area contributed by atoms with Crippen LogP contribution in [0, 0.1) is 0 Å². The Hall–Kier alpha value is -4.98. The Morgan fingerprint density at radius 2 is 1.60 bits per heavy atom. The van der Waals surface area contributed by atoms with Crippen molar-refractivity contribution in [3.05, 3.63) is 108 Å². The van der Waals surface area contributed by atoms with E-state index >= 15 is 0 Å². The van der Waals surface area contributed by atoms with Crippen LogP contribution in [0.25, 0.3) is 16.9 Å². The molecule has 0 unspecified atom stereocenters. The number of imidazole rings is 1. The highest BCUT2D eigenvalue weighted by molar-refractivity contribution is 6.04. The van der Waals surface area contributed by atoms with Gasteiger partial charge >= 0.3 is 0 Å². The summed E-state index contributed by atoms with van der Waals surface area (Å²) < 4.78 is 1.93. The molecule has 0 saturated heterocycles. The Morgan fingerprint density at radius 1 is 0.872 bits per heavy atom. The monoisotopic (exact) mass is 628 g/mol. The van der Waals surface area contributed by atoms with E-state index in [1.807, 2.05) is 89.6 Å². The van der Waals surface area contributed by atoms with Gasteiger partial charge in [-0.05, 0) is 65.8 Å². The van der Waals surface area contributed by atoms with E-state index < -0.39 is 0 Å². The molecule has 8 heteroatoms. The van der Waals surface area contributed by atoms with Crippen molar-refractivity contribution >= 4 is 34.7 Å². The fraction of sp³-hybridized carbons (Fsp3) is 0.333. The first-order chi connectivity index (χ1) is 22.7. The second kappa shape index (κ2) is 14.2. The van der Waals surface area contributed by atoms with Crippen LogP contribution in [-0.4, -0.2) is 32.2 Å². The summed E-state index contributed by atoms with van der Waals surface area (Å²) >= 11 is 0. The minimum absolute atomic E-state index is 0.0228. The lowest BCUT2D eigenvalue weighted by molar-refractivity contribution is -0.121. The molecule has 2 aromatic heterocycles. The molecule has 2 heterocycles. The number of nitrogens with one attached hydrogen (secondary N) is 3. The van der Waals surface area contributed by atoms with Crippen molar-refractivity contribution in [2.45, 2.75) is 83.6 Å². The van der Waals surface area contributed by atoms with Crippen LogP contribution in [-0.2, 0) is 16.6 Å². The van der Waals surface area contributed by atoms with Crippen molar-refractivity contribution in [2.75, 3.05) is 10.6 Å². The number of fused-ring (bicyclic) bond motifs is 1. The van der Waals surface area contributed by atoms with E-state index in [-0.39, 0.29) is 17.2 Å².